The van der Waals surface area contributed by atoms with Gasteiger partial charge in [-0.25, -0.2) is 0 Å². The van der Waals surface area contributed by atoms with Crippen molar-refractivity contribution in [2.45, 2.75) is 51.6 Å². The molecular weight excluding hydrogens is 252 g/mol. The Morgan fingerprint density at radius 1 is 0.950 bits per heavy atom. The first kappa shape index (κ1) is 16.2. The first-order chi connectivity index (χ1) is 9.42. The van der Waals surface area contributed by atoms with E-state index in [1.807, 2.05) is 13.8 Å². The Balaban J connectivity index is 1.78. The third kappa shape index (κ3) is 4.69. The molecule has 0 aromatic carbocycles. The van der Waals surface area contributed by atoms with Crippen molar-refractivity contribution in [2.24, 2.45) is 5.41 Å². The largest absolute Gasteiger partial charge is 0.396 e. The molecule has 2 fully saturated rings. The summed E-state index contributed by atoms with van der Waals surface area (Å²) in [6.45, 7) is 10.1. The van der Waals surface area contributed by atoms with Crippen LogP contribution in [0, 0.1) is 5.41 Å². The Morgan fingerprint density at radius 2 is 1.50 bits per heavy atom. The second-order valence-electron chi connectivity index (χ2n) is 7.58. The number of piperazine rings is 1. The van der Waals surface area contributed by atoms with Crippen molar-refractivity contribution < 1.29 is 10.2 Å². The van der Waals surface area contributed by atoms with Crippen LogP contribution in [0.3, 0.4) is 0 Å². The van der Waals surface area contributed by atoms with Gasteiger partial charge in [0.05, 0.1) is 5.60 Å². The van der Waals surface area contributed by atoms with Crippen LogP contribution < -0.4 is 0 Å². The number of nitrogens with zero attached hydrogens (tertiary/aromatic N) is 2. The standard InChI is InChI=1S/C16H32N2O2/c1-15(2,20)12-17-8-10-18(11-9-17)13-16(14-19)6-4-3-5-7-16/h19-20H,3-14H2,1-2H3. The molecule has 118 valence electrons. The Bertz CT molecular complexity index is 287. The van der Waals surface area contributed by atoms with Crippen LogP contribution >= 0.6 is 0 Å². The van der Waals surface area contributed by atoms with E-state index in [0.29, 0.717) is 6.61 Å². The summed E-state index contributed by atoms with van der Waals surface area (Å²) in [6, 6.07) is 0. The molecule has 1 saturated carbocycles. The van der Waals surface area contributed by atoms with Gasteiger partial charge in [-0.05, 0) is 26.7 Å². The topological polar surface area (TPSA) is 46.9 Å². The van der Waals surface area contributed by atoms with Crippen molar-refractivity contribution in [3.05, 3.63) is 0 Å². The highest BCUT2D eigenvalue weighted by molar-refractivity contribution is 4.87. The van der Waals surface area contributed by atoms with Gasteiger partial charge in [0, 0.05) is 51.3 Å². The molecule has 0 unspecified atom stereocenters. The van der Waals surface area contributed by atoms with Crippen molar-refractivity contribution >= 4 is 0 Å². The van der Waals surface area contributed by atoms with Gasteiger partial charge in [-0.1, -0.05) is 19.3 Å². The van der Waals surface area contributed by atoms with Crippen LogP contribution in [-0.2, 0) is 0 Å². The van der Waals surface area contributed by atoms with E-state index in [4.69, 9.17) is 0 Å². The van der Waals surface area contributed by atoms with Gasteiger partial charge in [0.2, 0.25) is 0 Å². The van der Waals surface area contributed by atoms with Gasteiger partial charge in [-0.2, -0.15) is 0 Å². The minimum Gasteiger partial charge on any atom is -0.396 e. The van der Waals surface area contributed by atoms with Crippen LogP contribution in [0.4, 0.5) is 0 Å². The summed E-state index contributed by atoms with van der Waals surface area (Å²) in [4.78, 5) is 4.87. The normalized spacial score (nSPS) is 25.8. The summed E-state index contributed by atoms with van der Waals surface area (Å²) in [6.07, 6.45) is 6.26. The number of β-amino-alcohol motifs (C(OH)–C–C–N with tert-alkyl or cyclic N) is 1. The van der Waals surface area contributed by atoms with Crippen LogP contribution in [-0.4, -0.2) is 71.5 Å². The molecule has 0 bridgehead atoms. The average molecular weight is 284 g/mol. The Kier molecular flexibility index (Phi) is 5.46. The minimum atomic E-state index is -0.599. The van der Waals surface area contributed by atoms with Gasteiger partial charge < -0.3 is 15.1 Å². The fourth-order valence-corrected chi connectivity index (χ4v) is 3.80. The van der Waals surface area contributed by atoms with E-state index in [-0.39, 0.29) is 5.41 Å². The fourth-order valence-electron chi connectivity index (χ4n) is 3.80. The van der Waals surface area contributed by atoms with Crippen LogP contribution in [0.25, 0.3) is 0 Å². The molecule has 4 heteroatoms. The molecule has 0 aromatic heterocycles. The number of aliphatic hydroxyl groups is 2. The van der Waals surface area contributed by atoms with E-state index in [0.717, 1.165) is 39.3 Å². The molecule has 2 aliphatic rings. The smallest absolute Gasteiger partial charge is 0.0718 e. The maximum Gasteiger partial charge on any atom is 0.0718 e. The predicted molar refractivity (Wildman–Crippen MR) is 81.8 cm³/mol. The van der Waals surface area contributed by atoms with Crippen LogP contribution in [0.1, 0.15) is 46.0 Å². The van der Waals surface area contributed by atoms with Gasteiger partial charge in [0.25, 0.3) is 0 Å². The molecule has 0 atom stereocenters. The highest BCUT2D eigenvalue weighted by atomic mass is 16.3. The van der Waals surface area contributed by atoms with E-state index < -0.39 is 5.60 Å². The molecule has 1 aliphatic carbocycles. The third-order valence-electron chi connectivity index (χ3n) is 4.88. The van der Waals surface area contributed by atoms with Gasteiger partial charge in [0.15, 0.2) is 0 Å². The molecule has 0 aromatic rings. The van der Waals surface area contributed by atoms with E-state index in [9.17, 15) is 10.2 Å². The third-order valence-corrected chi connectivity index (χ3v) is 4.88. The molecule has 2 N–H and O–H groups in total. The lowest BCUT2D eigenvalue weighted by atomic mass is 9.74. The van der Waals surface area contributed by atoms with Crippen LogP contribution in [0.15, 0.2) is 0 Å². The van der Waals surface area contributed by atoms with Crippen molar-refractivity contribution in [1.82, 2.24) is 9.80 Å². The quantitative estimate of drug-likeness (QED) is 0.799. The SMILES string of the molecule is CC(C)(O)CN1CCN(CC2(CO)CCCCC2)CC1. The lowest BCUT2D eigenvalue weighted by Gasteiger charge is -2.43. The lowest BCUT2D eigenvalue weighted by Crippen LogP contribution is -2.53. The highest BCUT2D eigenvalue weighted by Crippen LogP contribution is 2.36. The summed E-state index contributed by atoms with van der Waals surface area (Å²) >= 11 is 0. The fraction of sp³-hybridized carbons (Fsp3) is 1.00. The maximum atomic E-state index is 9.89. The van der Waals surface area contributed by atoms with E-state index in [2.05, 4.69) is 9.80 Å². The van der Waals surface area contributed by atoms with Crippen molar-refractivity contribution in [3.63, 3.8) is 0 Å². The summed E-state index contributed by atoms with van der Waals surface area (Å²) in [5.41, 5.74) is -0.436. The van der Waals surface area contributed by atoms with Crippen molar-refractivity contribution in [3.8, 4) is 0 Å². The van der Waals surface area contributed by atoms with Crippen LogP contribution in [0.5, 0.6) is 0 Å². The first-order valence-electron chi connectivity index (χ1n) is 8.20. The summed E-state index contributed by atoms with van der Waals surface area (Å²) in [5.74, 6) is 0. The molecule has 0 radical (unpaired) electrons. The molecule has 0 amide bonds. The average Bonchev–Trinajstić information content (AvgIpc) is 2.40. The monoisotopic (exact) mass is 284 g/mol. The zero-order chi connectivity index (χ0) is 14.6. The summed E-state index contributed by atoms with van der Waals surface area (Å²) < 4.78 is 0. The number of aliphatic hydroxyl groups excluding tert-OH is 1. The van der Waals surface area contributed by atoms with Crippen molar-refractivity contribution in [1.29, 1.82) is 0 Å². The van der Waals surface area contributed by atoms with Gasteiger partial charge >= 0.3 is 0 Å². The Hall–Kier alpha value is -0.160. The van der Waals surface area contributed by atoms with Gasteiger partial charge in [0.1, 0.15) is 0 Å². The number of rotatable bonds is 5. The zero-order valence-corrected chi connectivity index (χ0v) is 13.3. The van der Waals surface area contributed by atoms with E-state index >= 15 is 0 Å². The Labute approximate surface area is 123 Å². The Morgan fingerprint density at radius 3 is 2.00 bits per heavy atom. The number of hydrogen-bond donors (Lipinski definition) is 2. The van der Waals surface area contributed by atoms with Crippen molar-refractivity contribution in [2.75, 3.05) is 45.9 Å². The second-order valence-corrected chi connectivity index (χ2v) is 7.58. The van der Waals surface area contributed by atoms with Gasteiger partial charge in [-0.15, -0.1) is 0 Å². The molecule has 2 rings (SSSR count). The minimum absolute atomic E-state index is 0.163. The van der Waals surface area contributed by atoms with Crippen LogP contribution in [0.2, 0.25) is 0 Å². The number of hydrogen-bond acceptors (Lipinski definition) is 4. The zero-order valence-electron chi connectivity index (χ0n) is 13.3. The molecular formula is C16H32N2O2. The maximum absolute atomic E-state index is 9.89. The summed E-state index contributed by atoms with van der Waals surface area (Å²) in [5, 5.41) is 19.7. The molecule has 1 saturated heterocycles. The second kappa shape index (κ2) is 6.73. The molecule has 4 nitrogen and oxygen atoms in total. The molecule has 0 spiro atoms. The summed E-state index contributed by atoms with van der Waals surface area (Å²) in [7, 11) is 0. The van der Waals surface area contributed by atoms with Gasteiger partial charge in [-0.3, -0.25) is 4.90 Å². The highest BCUT2D eigenvalue weighted by Gasteiger charge is 2.34. The molecule has 20 heavy (non-hydrogen) atoms. The first-order valence-corrected chi connectivity index (χ1v) is 8.20. The van der Waals surface area contributed by atoms with E-state index in [1.165, 1.54) is 32.1 Å². The van der Waals surface area contributed by atoms with E-state index in [1.54, 1.807) is 0 Å². The predicted octanol–water partition coefficient (Wildman–Crippen LogP) is 1.32. The lowest BCUT2D eigenvalue weighted by molar-refractivity contribution is -0.00419. The molecule has 1 aliphatic heterocycles. The molecule has 1 heterocycles.